The van der Waals surface area contributed by atoms with Gasteiger partial charge in [-0.25, -0.2) is 0 Å². The van der Waals surface area contributed by atoms with E-state index in [1.54, 1.807) is 11.8 Å². The zero-order valence-corrected chi connectivity index (χ0v) is 15.4. The normalized spacial score (nSPS) is 10.7. The van der Waals surface area contributed by atoms with Crippen LogP contribution in [0.4, 0.5) is 17.6 Å². The van der Waals surface area contributed by atoms with Crippen LogP contribution in [0.15, 0.2) is 47.4 Å². The molecule has 0 spiro atoms. The highest BCUT2D eigenvalue weighted by Gasteiger charge is 2.07. The minimum atomic E-state index is 0.223. The van der Waals surface area contributed by atoms with Gasteiger partial charge in [0.25, 0.3) is 0 Å². The molecule has 0 aliphatic heterocycles. The highest BCUT2D eigenvalue weighted by molar-refractivity contribution is 7.98. The summed E-state index contributed by atoms with van der Waals surface area (Å²) in [5, 5.41) is 3.18. The molecule has 25 heavy (non-hydrogen) atoms. The second-order valence-electron chi connectivity index (χ2n) is 5.98. The first kappa shape index (κ1) is 17.2. The van der Waals surface area contributed by atoms with Crippen LogP contribution in [0.1, 0.15) is 22.5 Å². The number of hydrogen-bond acceptors (Lipinski definition) is 6. The molecule has 128 valence electrons. The number of aromatic nitrogens is 3. The molecule has 3 rings (SSSR count). The monoisotopic (exact) mass is 351 g/mol. The first-order chi connectivity index (χ1) is 12.0. The van der Waals surface area contributed by atoms with Gasteiger partial charge < -0.3 is 11.1 Å². The summed E-state index contributed by atoms with van der Waals surface area (Å²) in [6.07, 6.45) is 0. The summed E-state index contributed by atoms with van der Waals surface area (Å²) in [5.41, 5.74) is 10.5. The van der Waals surface area contributed by atoms with Crippen LogP contribution in [0.2, 0.25) is 0 Å². The molecule has 2 aromatic carbocycles. The number of aryl methyl sites for hydroxylation is 3. The molecule has 0 atom stereocenters. The topological polar surface area (TPSA) is 76.7 Å². The van der Waals surface area contributed by atoms with Crippen LogP contribution in [0, 0.1) is 20.8 Å². The number of nitrogens with one attached hydrogen (secondary N) is 1. The second-order valence-corrected chi connectivity index (χ2v) is 7.00. The van der Waals surface area contributed by atoms with Crippen LogP contribution in [-0.2, 0) is 5.75 Å². The Bertz CT molecular complexity index is 877. The number of nitrogens with zero attached hydrogens (tertiary/aromatic N) is 3. The third-order valence-corrected chi connectivity index (χ3v) is 4.87. The van der Waals surface area contributed by atoms with Crippen molar-refractivity contribution in [1.82, 2.24) is 15.0 Å². The molecule has 1 aromatic heterocycles. The Labute approximate surface area is 152 Å². The lowest BCUT2D eigenvalue weighted by atomic mass is 10.2. The number of thioether (sulfide) groups is 1. The zero-order chi connectivity index (χ0) is 17.8. The molecule has 0 bridgehead atoms. The Morgan fingerprint density at radius 2 is 1.64 bits per heavy atom. The highest BCUT2D eigenvalue weighted by Crippen LogP contribution is 2.26. The van der Waals surface area contributed by atoms with E-state index < -0.39 is 0 Å². The van der Waals surface area contributed by atoms with Crippen LogP contribution in [-0.4, -0.2) is 15.0 Å². The average molecular weight is 351 g/mol. The van der Waals surface area contributed by atoms with E-state index in [0.29, 0.717) is 17.5 Å². The smallest absolute Gasteiger partial charge is 0.232 e. The molecule has 0 saturated carbocycles. The van der Waals surface area contributed by atoms with E-state index in [9.17, 15) is 0 Å². The molecule has 0 saturated heterocycles. The van der Waals surface area contributed by atoms with Gasteiger partial charge in [-0.1, -0.05) is 35.4 Å². The van der Waals surface area contributed by atoms with Gasteiger partial charge in [0, 0.05) is 10.6 Å². The van der Waals surface area contributed by atoms with E-state index >= 15 is 0 Å². The van der Waals surface area contributed by atoms with Gasteiger partial charge >= 0.3 is 0 Å². The van der Waals surface area contributed by atoms with Crippen molar-refractivity contribution in [2.75, 3.05) is 11.1 Å². The third-order valence-electron chi connectivity index (χ3n) is 3.69. The van der Waals surface area contributed by atoms with E-state index in [1.807, 2.05) is 31.2 Å². The molecule has 3 aromatic rings. The van der Waals surface area contributed by atoms with E-state index in [4.69, 9.17) is 5.73 Å². The lowest BCUT2D eigenvalue weighted by molar-refractivity contribution is 0.981. The third kappa shape index (κ3) is 4.70. The van der Waals surface area contributed by atoms with Gasteiger partial charge in [0.1, 0.15) is 5.82 Å². The number of hydrogen-bond donors (Lipinski definition) is 2. The zero-order valence-electron chi connectivity index (χ0n) is 14.6. The summed E-state index contributed by atoms with van der Waals surface area (Å²) in [6.45, 7) is 6.26. The first-order valence-electron chi connectivity index (χ1n) is 8.04. The lowest BCUT2D eigenvalue weighted by Gasteiger charge is -2.09. The number of benzene rings is 2. The van der Waals surface area contributed by atoms with E-state index in [0.717, 1.165) is 5.69 Å². The Morgan fingerprint density at radius 1 is 0.920 bits per heavy atom. The Kier molecular flexibility index (Phi) is 5.19. The Balaban J connectivity index is 1.73. The van der Waals surface area contributed by atoms with Crippen molar-refractivity contribution >= 4 is 29.3 Å². The molecule has 0 radical (unpaired) electrons. The highest BCUT2D eigenvalue weighted by atomic mass is 32.2. The van der Waals surface area contributed by atoms with Crippen molar-refractivity contribution < 1.29 is 0 Å². The van der Waals surface area contributed by atoms with Gasteiger partial charge in [-0.3, -0.25) is 0 Å². The van der Waals surface area contributed by atoms with Gasteiger partial charge in [-0.15, -0.1) is 11.8 Å². The number of nitrogen functional groups attached to an aromatic ring is 1. The van der Waals surface area contributed by atoms with E-state index in [2.05, 4.69) is 52.3 Å². The SMILES string of the molecule is Cc1ccc(Nc2nc(N)nc(CSc3ccc(C)cc3C)n2)cc1. The van der Waals surface area contributed by atoms with Crippen LogP contribution < -0.4 is 11.1 Å². The van der Waals surface area contributed by atoms with Gasteiger partial charge in [-0.05, 0) is 44.5 Å². The molecule has 3 N–H and O–H groups in total. The van der Waals surface area contributed by atoms with E-state index in [-0.39, 0.29) is 5.95 Å². The average Bonchev–Trinajstić information content (AvgIpc) is 2.56. The maximum atomic E-state index is 5.84. The van der Waals surface area contributed by atoms with Gasteiger partial charge in [0.05, 0.1) is 5.75 Å². The molecule has 0 fully saturated rings. The van der Waals surface area contributed by atoms with Gasteiger partial charge in [0.2, 0.25) is 11.9 Å². The van der Waals surface area contributed by atoms with Crippen molar-refractivity contribution in [3.63, 3.8) is 0 Å². The van der Waals surface area contributed by atoms with Crippen LogP contribution in [0.5, 0.6) is 0 Å². The molecule has 0 aliphatic carbocycles. The maximum absolute atomic E-state index is 5.84. The summed E-state index contributed by atoms with van der Waals surface area (Å²) in [4.78, 5) is 14.1. The molecule has 6 heteroatoms. The molecule has 0 unspecified atom stereocenters. The number of nitrogens with two attached hydrogens (primary N) is 1. The van der Waals surface area contributed by atoms with Crippen molar-refractivity contribution in [1.29, 1.82) is 0 Å². The second kappa shape index (κ2) is 7.53. The first-order valence-corrected chi connectivity index (χ1v) is 9.02. The van der Waals surface area contributed by atoms with Crippen molar-refractivity contribution in [2.45, 2.75) is 31.4 Å². The summed E-state index contributed by atoms with van der Waals surface area (Å²) in [5.74, 6) is 1.99. The minimum absolute atomic E-state index is 0.223. The number of anilines is 3. The summed E-state index contributed by atoms with van der Waals surface area (Å²) < 4.78 is 0. The summed E-state index contributed by atoms with van der Waals surface area (Å²) in [6, 6.07) is 14.5. The van der Waals surface area contributed by atoms with Crippen LogP contribution >= 0.6 is 11.8 Å². The Morgan fingerprint density at radius 3 is 2.36 bits per heavy atom. The summed E-state index contributed by atoms with van der Waals surface area (Å²) in [7, 11) is 0. The predicted octanol–water partition coefficient (Wildman–Crippen LogP) is 4.41. The molecule has 5 nitrogen and oxygen atoms in total. The largest absolute Gasteiger partial charge is 0.368 e. The van der Waals surface area contributed by atoms with Crippen molar-refractivity contribution in [3.8, 4) is 0 Å². The minimum Gasteiger partial charge on any atom is -0.368 e. The van der Waals surface area contributed by atoms with Gasteiger partial charge in [-0.2, -0.15) is 15.0 Å². The molecule has 0 amide bonds. The molecular formula is C19H21N5S. The standard InChI is InChI=1S/C19H21N5S/c1-12-4-7-15(8-5-12)21-19-23-17(22-18(20)24-19)11-25-16-9-6-13(2)10-14(16)3/h4-10H,11H2,1-3H3,(H3,20,21,22,23,24). The predicted molar refractivity (Wildman–Crippen MR) is 104 cm³/mol. The van der Waals surface area contributed by atoms with Crippen LogP contribution in [0.3, 0.4) is 0 Å². The van der Waals surface area contributed by atoms with Crippen molar-refractivity contribution in [2.24, 2.45) is 0 Å². The van der Waals surface area contributed by atoms with Crippen molar-refractivity contribution in [3.05, 3.63) is 65.0 Å². The Hall–Kier alpha value is -2.60. The molecule has 1 heterocycles. The van der Waals surface area contributed by atoms with Gasteiger partial charge in [0.15, 0.2) is 0 Å². The quantitative estimate of drug-likeness (QED) is 0.663. The fraction of sp³-hybridized carbons (Fsp3) is 0.211. The maximum Gasteiger partial charge on any atom is 0.232 e. The van der Waals surface area contributed by atoms with Crippen LogP contribution in [0.25, 0.3) is 0 Å². The fourth-order valence-electron chi connectivity index (χ4n) is 2.43. The molecular weight excluding hydrogens is 330 g/mol. The fourth-order valence-corrected chi connectivity index (χ4v) is 3.29. The summed E-state index contributed by atoms with van der Waals surface area (Å²) >= 11 is 1.70. The lowest BCUT2D eigenvalue weighted by Crippen LogP contribution is -2.06. The molecule has 0 aliphatic rings. The number of rotatable bonds is 5. The van der Waals surface area contributed by atoms with E-state index in [1.165, 1.54) is 21.6 Å².